The van der Waals surface area contributed by atoms with E-state index in [1.54, 1.807) is 6.92 Å². The summed E-state index contributed by atoms with van der Waals surface area (Å²) in [7, 11) is 0. The van der Waals surface area contributed by atoms with E-state index < -0.39 is 5.54 Å². The summed E-state index contributed by atoms with van der Waals surface area (Å²) in [6.07, 6.45) is 2.99. The Hall–Kier alpha value is -0.610. The monoisotopic (exact) mass is 228 g/mol. The van der Waals surface area contributed by atoms with E-state index in [1.165, 1.54) is 0 Å². The smallest absolute Gasteiger partial charge is 0.239 e. The highest BCUT2D eigenvalue weighted by atomic mass is 16.5. The van der Waals surface area contributed by atoms with Crippen molar-refractivity contribution < 1.29 is 9.53 Å². The molecule has 0 aromatic carbocycles. The molecule has 3 N–H and O–H groups in total. The maximum absolute atomic E-state index is 11.8. The standard InChI is InChI=1S/C12H24N2O2/c1-4-10-9(6-7-16-10)8-14-11(15)12(3,13)5-2/h9-10H,4-8,13H2,1-3H3,(H,14,15). The largest absolute Gasteiger partial charge is 0.378 e. The topological polar surface area (TPSA) is 64.3 Å². The molecule has 0 spiro atoms. The van der Waals surface area contributed by atoms with Gasteiger partial charge in [0.05, 0.1) is 11.6 Å². The van der Waals surface area contributed by atoms with E-state index in [-0.39, 0.29) is 5.91 Å². The van der Waals surface area contributed by atoms with Crippen LogP contribution in [-0.4, -0.2) is 30.7 Å². The fraction of sp³-hybridized carbons (Fsp3) is 0.917. The second kappa shape index (κ2) is 5.64. The Balaban J connectivity index is 2.37. The molecular formula is C12H24N2O2. The van der Waals surface area contributed by atoms with Crippen molar-refractivity contribution in [1.29, 1.82) is 0 Å². The molecule has 1 saturated heterocycles. The van der Waals surface area contributed by atoms with E-state index >= 15 is 0 Å². The number of nitrogens with two attached hydrogens (primary N) is 1. The molecule has 0 radical (unpaired) electrons. The first kappa shape index (κ1) is 13.5. The predicted molar refractivity (Wildman–Crippen MR) is 64.0 cm³/mol. The average molecular weight is 228 g/mol. The summed E-state index contributed by atoms with van der Waals surface area (Å²) in [5.41, 5.74) is 5.12. The van der Waals surface area contributed by atoms with Crippen molar-refractivity contribution in [1.82, 2.24) is 5.32 Å². The first-order valence-electron chi connectivity index (χ1n) is 6.20. The minimum Gasteiger partial charge on any atom is -0.378 e. The van der Waals surface area contributed by atoms with Gasteiger partial charge in [-0.05, 0) is 26.2 Å². The number of hydrogen-bond donors (Lipinski definition) is 2. The van der Waals surface area contributed by atoms with Gasteiger partial charge in [0.15, 0.2) is 0 Å². The van der Waals surface area contributed by atoms with Crippen LogP contribution in [-0.2, 0) is 9.53 Å². The number of nitrogens with one attached hydrogen (secondary N) is 1. The summed E-state index contributed by atoms with van der Waals surface area (Å²) in [5, 5.41) is 2.94. The highest BCUT2D eigenvalue weighted by Crippen LogP contribution is 2.22. The van der Waals surface area contributed by atoms with Crippen LogP contribution in [0.2, 0.25) is 0 Å². The zero-order chi connectivity index (χ0) is 12.2. The van der Waals surface area contributed by atoms with Gasteiger partial charge in [-0.15, -0.1) is 0 Å². The Morgan fingerprint density at radius 1 is 1.56 bits per heavy atom. The van der Waals surface area contributed by atoms with E-state index in [4.69, 9.17) is 10.5 Å². The molecule has 0 aromatic rings. The molecule has 1 fully saturated rings. The van der Waals surface area contributed by atoms with Gasteiger partial charge in [-0.2, -0.15) is 0 Å². The maximum Gasteiger partial charge on any atom is 0.239 e. The Morgan fingerprint density at radius 2 is 2.25 bits per heavy atom. The summed E-state index contributed by atoms with van der Waals surface area (Å²) in [6, 6.07) is 0. The first-order valence-corrected chi connectivity index (χ1v) is 6.20. The first-order chi connectivity index (χ1) is 7.51. The summed E-state index contributed by atoms with van der Waals surface area (Å²) < 4.78 is 5.58. The Labute approximate surface area is 97.9 Å². The third kappa shape index (κ3) is 3.19. The number of carbonyl (C=O) groups excluding carboxylic acids is 1. The van der Waals surface area contributed by atoms with Crippen LogP contribution in [0.5, 0.6) is 0 Å². The number of rotatable bonds is 5. The van der Waals surface area contributed by atoms with Crippen molar-refractivity contribution in [2.45, 2.75) is 51.7 Å². The van der Waals surface area contributed by atoms with Crippen molar-refractivity contribution in [2.24, 2.45) is 11.7 Å². The molecule has 4 heteroatoms. The summed E-state index contributed by atoms with van der Waals surface area (Å²) in [6.45, 7) is 7.30. The Morgan fingerprint density at radius 3 is 2.81 bits per heavy atom. The van der Waals surface area contributed by atoms with Crippen LogP contribution in [0.15, 0.2) is 0 Å². The SMILES string of the molecule is CCC1OCCC1CNC(=O)C(C)(N)CC. The molecule has 3 unspecified atom stereocenters. The molecular weight excluding hydrogens is 204 g/mol. The van der Waals surface area contributed by atoms with Crippen LogP contribution in [0.1, 0.15) is 40.0 Å². The van der Waals surface area contributed by atoms with E-state index in [0.29, 0.717) is 25.0 Å². The second-order valence-electron chi connectivity index (χ2n) is 4.85. The van der Waals surface area contributed by atoms with Crippen molar-refractivity contribution >= 4 is 5.91 Å². The minimum absolute atomic E-state index is 0.0586. The van der Waals surface area contributed by atoms with Gasteiger partial charge >= 0.3 is 0 Å². The van der Waals surface area contributed by atoms with Gasteiger partial charge in [0.2, 0.25) is 5.91 Å². The molecule has 4 nitrogen and oxygen atoms in total. The van der Waals surface area contributed by atoms with Gasteiger partial charge < -0.3 is 15.8 Å². The number of ether oxygens (including phenoxy) is 1. The fourth-order valence-electron chi connectivity index (χ4n) is 1.96. The van der Waals surface area contributed by atoms with Gasteiger partial charge in [0, 0.05) is 19.1 Å². The summed E-state index contributed by atoms with van der Waals surface area (Å²) >= 11 is 0. The molecule has 1 aliphatic rings. The van der Waals surface area contributed by atoms with Crippen LogP contribution in [0, 0.1) is 5.92 Å². The summed E-state index contributed by atoms with van der Waals surface area (Å²) in [4.78, 5) is 11.8. The molecule has 1 rings (SSSR count). The lowest BCUT2D eigenvalue weighted by atomic mass is 9.97. The van der Waals surface area contributed by atoms with E-state index in [9.17, 15) is 4.79 Å². The predicted octanol–water partition coefficient (Wildman–Crippen LogP) is 1.05. The van der Waals surface area contributed by atoms with Gasteiger partial charge in [0.1, 0.15) is 0 Å². The lowest BCUT2D eigenvalue weighted by molar-refractivity contribution is -0.126. The number of carbonyl (C=O) groups is 1. The van der Waals surface area contributed by atoms with Crippen LogP contribution >= 0.6 is 0 Å². The van der Waals surface area contributed by atoms with E-state index in [2.05, 4.69) is 12.2 Å². The molecule has 0 saturated carbocycles. The zero-order valence-corrected chi connectivity index (χ0v) is 10.6. The lowest BCUT2D eigenvalue weighted by Gasteiger charge is -2.24. The third-order valence-corrected chi connectivity index (χ3v) is 3.53. The second-order valence-corrected chi connectivity index (χ2v) is 4.85. The normalized spacial score (nSPS) is 28.8. The van der Waals surface area contributed by atoms with Crippen molar-refractivity contribution in [3.63, 3.8) is 0 Å². The molecule has 0 bridgehead atoms. The highest BCUT2D eigenvalue weighted by molar-refractivity contribution is 5.85. The van der Waals surface area contributed by atoms with Gasteiger partial charge in [-0.1, -0.05) is 13.8 Å². The van der Waals surface area contributed by atoms with Crippen LogP contribution in [0.25, 0.3) is 0 Å². The lowest BCUT2D eigenvalue weighted by Crippen LogP contribution is -2.52. The third-order valence-electron chi connectivity index (χ3n) is 3.53. The van der Waals surface area contributed by atoms with Crippen LogP contribution in [0.3, 0.4) is 0 Å². The molecule has 1 aliphatic heterocycles. The van der Waals surface area contributed by atoms with Crippen LogP contribution < -0.4 is 11.1 Å². The van der Waals surface area contributed by atoms with E-state index in [1.807, 2.05) is 6.92 Å². The van der Waals surface area contributed by atoms with Gasteiger partial charge in [-0.3, -0.25) is 4.79 Å². The number of hydrogen-bond acceptors (Lipinski definition) is 3. The fourth-order valence-corrected chi connectivity index (χ4v) is 1.96. The van der Waals surface area contributed by atoms with Gasteiger partial charge in [-0.25, -0.2) is 0 Å². The quantitative estimate of drug-likeness (QED) is 0.739. The van der Waals surface area contributed by atoms with Crippen molar-refractivity contribution in [3.05, 3.63) is 0 Å². The molecule has 16 heavy (non-hydrogen) atoms. The summed E-state index contributed by atoms with van der Waals surface area (Å²) in [5.74, 6) is 0.387. The number of amides is 1. The average Bonchev–Trinajstić information content (AvgIpc) is 2.72. The molecule has 0 aliphatic carbocycles. The van der Waals surface area contributed by atoms with Crippen LogP contribution in [0.4, 0.5) is 0 Å². The molecule has 94 valence electrons. The Bertz CT molecular complexity index is 241. The molecule has 1 amide bonds. The highest BCUT2D eigenvalue weighted by Gasteiger charge is 2.30. The molecule has 0 aromatic heterocycles. The Kier molecular flexibility index (Phi) is 4.74. The zero-order valence-electron chi connectivity index (χ0n) is 10.6. The maximum atomic E-state index is 11.8. The van der Waals surface area contributed by atoms with Crippen molar-refractivity contribution in [2.75, 3.05) is 13.2 Å². The molecule has 1 heterocycles. The van der Waals surface area contributed by atoms with E-state index in [0.717, 1.165) is 19.4 Å². The van der Waals surface area contributed by atoms with Gasteiger partial charge in [0.25, 0.3) is 0 Å². The molecule has 3 atom stereocenters. The minimum atomic E-state index is -0.749. The van der Waals surface area contributed by atoms with Crippen molar-refractivity contribution in [3.8, 4) is 0 Å².